The van der Waals surface area contributed by atoms with E-state index in [0.29, 0.717) is 10.8 Å². The highest BCUT2D eigenvalue weighted by molar-refractivity contribution is 9.10. The number of aldehydes is 1. The standard InChI is InChI=1S/C10H8BrF3O/c11-8-3-1-7(2-4-8)9(5-6-15)10(12,13)14/h1-4,6,9H,5H2. The molecule has 82 valence electrons. The third-order valence-corrected chi connectivity index (χ3v) is 2.53. The van der Waals surface area contributed by atoms with E-state index in [1.54, 1.807) is 0 Å². The van der Waals surface area contributed by atoms with Gasteiger partial charge in [-0.1, -0.05) is 28.1 Å². The van der Waals surface area contributed by atoms with E-state index in [1.165, 1.54) is 24.3 Å². The van der Waals surface area contributed by atoms with Crippen molar-refractivity contribution < 1.29 is 18.0 Å². The summed E-state index contributed by atoms with van der Waals surface area (Å²) in [6.07, 6.45) is -4.62. The minimum absolute atomic E-state index is 0.109. The average Bonchev–Trinajstić information content (AvgIpc) is 2.14. The van der Waals surface area contributed by atoms with Crippen LogP contribution < -0.4 is 0 Å². The van der Waals surface area contributed by atoms with Gasteiger partial charge in [0, 0.05) is 10.9 Å². The molecule has 0 saturated carbocycles. The van der Waals surface area contributed by atoms with E-state index >= 15 is 0 Å². The summed E-state index contributed by atoms with van der Waals surface area (Å²) < 4.78 is 38.3. The zero-order valence-corrected chi connectivity index (χ0v) is 9.18. The van der Waals surface area contributed by atoms with Gasteiger partial charge in [0.05, 0.1) is 5.92 Å². The molecule has 1 aromatic carbocycles. The van der Waals surface area contributed by atoms with Crippen molar-refractivity contribution in [3.05, 3.63) is 34.3 Å². The fourth-order valence-corrected chi connectivity index (χ4v) is 1.51. The Hall–Kier alpha value is -0.840. The highest BCUT2D eigenvalue weighted by atomic mass is 79.9. The van der Waals surface area contributed by atoms with Crippen LogP contribution in [0, 0.1) is 0 Å². The van der Waals surface area contributed by atoms with Crippen LogP contribution in [-0.2, 0) is 4.79 Å². The molecule has 0 aliphatic rings. The first-order valence-corrected chi connectivity index (χ1v) is 5.00. The number of carbonyl (C=O) groups is 1. The zero-order valence-electron chi connectivity index (χ0n) is 7.59. The summed E-state index contributed by atoms with van der Waals surface area (Å²) in [5.41, 5.74) is 0.109. The molecule has 0 bridgehead atoms. The number of hydrogen-bond acceptors (Lipinski definition) is 1. The highest BCUT2D eigenvalue weighted by Gasteiger charge is 2.40. The molecule has 1 aromatic rings. The molecule has 0 aromatic heterocycles. The van der Waals surface area contributed by atoms with Crippen LogP contribution in [0.4, 0.5) is 13.2 Å². The molecular weight excluding hydrogens is 273 g/mol. The second-order valence-electron chi connectivity index (χ2n) is 3.05. The van der Waals surface area contributed by atoms with E-state index in [9.17, 15) is 18.0 Å². The van der Waals surface area contributed by atoms with Gasteiger partial charge < -0.3 is 4.79 Å². The van der Waals surface area contributed by atoms with Gasteiger partial charge in [0.2, 0.25) is 0 Å². The van der Waals surface area contributed by atoms with Crippen LogP contribution in [0.1, 0.15) is 17.9 Å². The predicted molar refractivity (Wildman–Crippen MR) is 53.6 cm³/mol. The van der Waals surface area contributed by atoms with Gasteiger partial charge >= 0.3 is 6.18 Å². The van der Waals surface area contributed by atoms with E-state index in [2.05, 4.69) is 15.9 Å². The molecule has 0 aliphatic heterocycles. The number of halogens is 4. The minimum Gasteiger partial charge on any atom is -0.303 e. The van der Waals surface area contributed by atoms with Crippen molar-refractivity contribution in [2.24, 2.45) is 0 Å². The first kappa shape index (κ1) is 12.2. The number of alkyl halides is 3. The predicted octanol–water partition coefficient (Wildman–Crippen LogP) is 3.68. The molecule has 5 heteroatoms. The first-order valence-electron chi connectivity index (χ1n) is 4.21. The van der Waals surface area contributed by atoms with Gasteiger partial charge in [-0.2, -0.15) is 13.2 Å². The Morgan fingerprint density at radius 1 is 1.27 bits per heavy atom. The minimum atomic E-state index is -4.38. The van der Waals surface area contributed by atoms with Crippen molar-refractivity contribution in [2.45, 2.75) is 18.5 Å². The Labute approximate surface area is 93.4 Å². The second-order valence-corrected chi connectivity index (χ2v) is 3.96. The maximum atomic E-state index is 12.5. The Balaban J connectivity index is 2.99. The van der Waals surface area contributed by atoms with Crippen molar-refractivity contribution in [1.29, 1.82) is 0 Å². The molecule has 0 heterocycles. The molecule has 0 fully saturated rings. The smallest absolute Gasteiger partial charge is 0.303 e. The fourth-order valence-electron chi connectivity index (χ4n) is 1.25. The molecule has 0 aliphatic carbocycles. The SMILES string of the molecule is O=CCC(c1ccc(Br)cc1)C(F)(F)F. The van der Waals surface area contributed by atoms with E-state index in [4.69, 9.17) is 0 Å². The van der Waals surface area contributed by atoms with Crippen LogP contribution in [0.5, 0.6) is 0 Å². The highest BCUT2D eigenvalue weighted by Crippen LogP contribution is 2.37. The summed E-state index contributed by atoms with van der Waals surface area (Å²) in [6, 6.07) is 5.79. The molecule has 0 spiro atoms. The Bertz CT molecular complexity index is 332. The molecule has 0 N–H and O–H groups in total. The van der Waals surface area contributed by atoms with Gasteiger partial charge in [-0.3, -0.25) is 0 Å². The summed E-state index contributed by atoms with van der Waals surface area (Å²) in [4.78, 5) is 10.2. The maximum absolute atomic E-state index is 12.5. The van der Waals surface area contributed by atoms with E-state index in [-0.39, 0.29) is 5.56 Å². The summed E-state index contributed by atoms with van der Waals surface area (Å²) in [5, 5.41) is 0. The summed E-state index contributed by atoms with van der Waals surface area (Å²) >= 11 is 3.13. The lowest BCUT2D eigenvalue weighted by Crippen LogP contribution is -2.21. The molecule has 15 heavy (non-hydrogen) atoms. The average molecular weight is 281 g/mol. The molecule has 1 atom stereocenters. The number of benzene rings is 1. The second kappa shape index (κ2) is 4.79. The Morgan fingerprint density at radius 2 is 1.80 bits per heavy atom. The molecule has 0 amide bonds. The summed E-state index contributed by atoms with van der Waals surface area (Å²) in [5.74, 6) is -1.71. The largest absolute Gasteiger partial charge is 0.396 e. The lowest BCUT2D eigenvalue weighted by atomic mass is 9.96. The Morgan fingerprint density at radius 3 is 2.20 bits per heavy atom. The zero-order chi connectivity index (χ0) is 11.5. The van der Waals surface area contributed by atoms with Gasteiger partial charge in [0.15, 0.2) is 0 Å². The topological polar surface area (TPSA) is 17.1 Å². The molecule has 1 rings (SSSR count). The van der Waals surface area contributed by atoms with Crippen LogP contribution in [0.15, 0.2) is 28.7 Å². The van der Waals surface area contributed by atoms with Crippen LogP contribution in [0.25, 0.3) is 0 Å². The van der Waals surface area contributed by atoms with Crippen molar-refractivity contribution >= 4 is 22.2 Å². The van der Waals surface area contributed by atoms with Crippen molar-refractivity contribution in [3.8, 4) is 0 Å². The molecule has 1 unspecified atom stereocenters. The van der Waals surface area contributed by atoms with Crippen LogP contribution >= 0.6 is 15.9 Å². The fraction of sp³-hybridized carbons (Fsp3) is 0.300. The van der Waals surface area contributed by atoms with Crippen LogP contribution in [0.2, 0.25) is 0 Å². The third-order valence-electron chi connectivity index (χ3n) is 2.00. The first-order chi connectivity index (χ1) is 6.95. The van der Waals surface area contributed by atoms with Gasteiger partial charge in [0.1, 0.15) is 6.29 Å². The number of rotatable bonds is 3. The van der Waals surface area contributed by atoms with Crippen LogP contribution in [0.3, 0.4) is 0 Å². The third kappa shape index (κ3) is 3.34. The van der Waals surface area contributed by atoms with Gasteiger partial charge in [-0.05, 0) is 17.7 Å². The summed E-state index contributed by atoms with van der Waals surface area (Å²) in [6.45, 7) is 0. The molecule has 0 radical (unpaired) electrons. The normalized spacial score (nSPS) is 13.6. The molecular formula is C10H8BrF3O. The quantitative estimate of drug-likeness (QED) is 0.772. The number of carbonyl (C=O) groups excluding carboxylic acids is 1. The monoisotopic (exact) mass is 280 g/mol. The molecule has 0 saturated heterocycles. The summed E-state index contributed by atoms with van der Waals surface area (Å²) in [7, 11) is 0. The lowest BCUT2D eigenvalue weighted by Gasteiger charge is -2.18. The maximum Gasteiger partial charge on any atom is 0.396 e. The van der Waals surface area contributed by atoms with E-state index in [1.807, 2.05) is 0 Å². The van der Waals surface area contributed by atoms with Crippen molar-refractivity contribution in [2.75, 3.05) is 0 Å². The van der Waals surface area contributed by atoms with E-state index < -0.39 is 18.5 Å². The van der Waals surface area contributed by atoms with Crippen LogP contribution in [-0.4, -0.2) is 12.5 Å². The van der Waals surface area contributed by atoms with Gasteiger partial charge in [-0.25, -0.2) is 0 Å². The number of hydrogen-bond donors (Lipinski definition) is 0. The van der Waals surface area contributed by atoms with Crippen molar-refractivity contribution in [3.63, 3.8) is 0 Å². The molecule has 1 nitrogen and oxygen atoms in total. The Kier molecular flexibility index (Phi) is 3.90. The van der Waals surface area contributed by atoms with Crippen molar-refractivity contribution in [1.82, 2.24) is 0 Å². The van der Waals surface area contributed by atoms with Gasteiger partial charge in [0.25, 0.3) is 0 Å². The van der Waals surface area contributed by atoms with E-state index in [0.717, 1.165) is 0 Å². The lowest BCUT2D eigenvalue weighted by molar-refractivity contribution is -0.154. The van der Waals surface area contributed by atoms with Gasteiger partial charge in [-0.15, -0.1) is 0 Å².